The molecule has 5 rings (SSSR count). The number of nitrogens with one attached hydrogen (secondary N) is 4. The zero-order valence-electron chi connectivity index (χ0n) is 28.2. The lowest BCUT2D eigenvalue weighted by molar-refractivity contribution is -0.137. The van der Waals surface area contributed by atoms with Crippen LogP contribution in [-0.2, 0) is 39.8 Å². The Hall–Kier alpha value is -4.95. The predicted molar refractivity (Wildman–Crippen MR) is 177 cm³/mol. The van der Waals surface area contributed by atoms with E-state index in [2.05, 4.69) is 31.1 Å². The summed E-state index contributed by atoms with van der Waals surface area (Å²) >= 11 is 0. The Morgan fingerprint density at radius 1 is 1.02 bits per heavy atom. The Kier molecular flexibility index (Phi) is 10.5. The molecule has 1 aliphatic carbocycles. The van der Waals surface area contributed by atoms with Gasteiger partial charge in [-0.3, -0.25) is 14.4 Å². The van der Waals surface area contributed by atoms with Crippen molar-refractivity contribution in [3.63, 3.8) is 0 Å². The summed E-state index contributed by atoms with van der Waals surface area (Å²) in [5.74, 6) is -3.02. The van der Waals surface area contributed by atoms with Gasteiger partial charge in [-0.05, 0) is 47.9 Å². The summed E-state index contributed by atoms with van der Waals surface area (Å²) in [7, 11) is 0. The van der Waals surface area contributed by atoms with Gasteiger partial charge in [-0.15, -0.1) is 5.10 Å². The molecule has 0 fully saturated rings. The highest BCUT2D eigenvalue weighted by Crippen LogP contribution is 2.40. The second-order valence-electron chi connectivity index (χ2n) is 13.1. The Morgan fingerprint density at radius 3 is 2.38 bits per heavy atom. The van der Waals surface area contributed by atoms with Gasteiger partial charge in [0.25, 0.3) is 0 Å². The fourth-order valence-electron chi connectivity index (χ4n) is 6.45. The van der Waals surface area contributed by atoms with E-state index < -0.39 is 58.8 Å². The Labute approximate surface area is 286 Å². The molecule has 1 aliphatic rings. The largest absolute Gasteiger partial charge is 0.418 e. The first kappa shape index (κ1) is 36.3. The van der Waals surface area contributed by atoms with Crippen molar-refractivity contribution >= 4 is 34.6 Å². The number of nitrogen functional groups attached to an aromatic ring is 1. The van der Waals surface area contributed by atoms with Crippen molar-refractivity contribution in [3.8, 4) is 0 Å². The van der Waals surface area contributed by atoms with Gasteiger partial charge in [0.15, 0.2) is 0 Å². The fraction of sp³-hybridized carbons (Fsp3) is 0.457. The molecule has 6 N–H and O–H groups in total. The Balaban J connectivity index is 1.52. The van der Waals surface area contributed by atoms with Crippen molar-refractivity contribution in [1.29, 1.82) is 0 Å². The van der Waals surface area contributed by atoms with Gasteiger partial charge < -0.3 is 31.1 Å². The van der Waals surface area contributed by atoms with Crippen molar-refractivity contribution in [3.05, 3.63) is 76.6 Å². The van der Waals surface area contributed by atoms with Gasteiger partial charge in [0.05, 0.1) is 17.5 Å². The van der Waals surface area contributed by atoms with Crippen molar-refractivity contribution in [2.45, 2.75) is 90.0 Å². The summed E-state index contributed by atoms with van der Waals surface area (Å²) in [6.45, 7) is 7.35. The third-order valence-electron chi connectivity index (χ3n) is 9.76. The minimum absolute atomic E-state index is 0.0152. The van der Waals surface area contributed by atoms with Crippen LogP contribution in [0.5, 0.6) is 0 Å². The number of para-hydroxylation sites is 1. The first-order valence-electron chi connectivity index (χ1n) is 16.6. The molecule has 0 bridgehead atoms. The van der Waals surface area contributed by atoms with Crippen LogP contribution in [-0.4, -0.2) is 44.5 Å². The van der Waals surface area contributed by atoms with Crippen LogP contribution in [0.2, 0.25) is 0 Å². The second kappa shape index (κ2) is 14.5. The lowest BCUT2D eigenvalue weighted by atomic mass is 9.78. The smallest absolute Gasteiger partial charge is 0.406 e. The van der Waals surface area contributed by atoms with Crippen LogP contribution >= 0.6 is 0 Å². The van der Waals surface area contributed by atoms with Crippen LogP contribution in [0.1, 0.15) is 81.3 Å². The molecule has 5 atom stereocenters. The minimum atomic E-state index is -4.63. The maximum Gasteiger partial charge on any atom is 0.418 e. The molecular formula is C35H41F4N7O4. The van der Waals surface area contributed by atoms with Gasteiger partial charge >= 0.3 is 12.2 Å². The number of fused-ring (bicyclic) bond motifs is 3. The molecule has 2 heterocycles. The number of aromatic amines is 1. The number of rotatable bonds is 12. The average molecular weight is 700 g/mol. The molecule has 2 unspecified atom stereocenters. The number of aryl methyl sites for hydroxylation is 1. The van der Waals surface area contributed by atoms with Crippen LogP contribution in [0.15, 0.2) is 46.9 Å². The normalized spacial score (nSPS) is 18.5. The lowest BCUT2D eigenvalue weighted by Crippen LogP contribution is -2.65. The predicted octanol–water partition coefficient (Wildman–Crippen LogP) is 5.31. The number of anilines is 1. The third kappa shape index (κ3) is 7.45. The molecule has 3 amide bonds. The second-order valence-corrected chi connectivity index (χ2v) is 13.1. The number of carbonyl (C=O) groups excluding carboxylic acids is 3. The number of aromatic nitrogens is 3. The van der Waals surface area contributed by atoms with Gasteiger partial charge in [0.2, 0.25) is 23.6 Å². The van der Waals surface area contributed by atoms with E-state index in [0.29, 0.717) is 24.1 Å². The van der Waals surface area contributed by atoms with Crippen molar-refractivity contribution in [1.82, 2.24) is 31.1 Å². The fourth-order valence-corrected chi connectivity index (χ4v) is 6.45. The number of amides is 3. The highest BCUT2D eigenvalue weighted by Gasteiger charge is 2.47. The van der Waals surface area contributed by atoms with Gasteiger partial charge in [-0.2, -0.15) is 13.2 Å². The number of carbonyl (C=O) groups is 3. The molecule has 268 valence electrons. The summed E-state index contributed by atoms with van der Waals surface area (Å²) in [5, 5.41) is 16.6. The molecule has 0 saturated carbocycles. The quantitative estimate of drug-likeness (QED) is 0.125. The molecule has 0 saturated heterocycles. The molecule has 4 aromatic rings. The maximum absolute atomic E-state index is 14.6. The van der Waals surface area contributed by atoms with E-state index >= 15 is 0 Å². The molecule has 0 aliphatic heterocycles. The van der Waals surface area contributed by atoms with Crippen LogP contribution in [0.3, 0.4) is 0 Å². The number of halogens is 4. The Bertz CT molecular complexity index is 1870. The molecule has 2 aromatic carbocycles. The third-order valence-corrected chi connectivity index (χ3v) is 9.76. The van der Waals surface area contributed by atoms with Crippen molar-refractivity contribution in [2.75, 3.05) is 5.73 Å². The van der Waals surface area contributed by atoms with Gasteiger partial charge in [-0.25, -0.2) is 4.39 Å². The number of H-pyrrole nitrogens is 1. The summed E-state index contributed by atoms with van der Waals surface area (Å²) in [6.07, 6.45) is -3.90. The molecule has 50 heavy (non-hydrogen) atoms. The maximum atomic E-state index is 14.6. The molecule has 15 heteroatoms. The summed E-state index contributed by atoms with van der Waals surface area (Å²) < 4.78 is 61.8. The monoisotopic (exact) mass is 699 g/mol. The van der Waals surface area contributed by atoms with E-state index in [1.807, 2.05) is 20.8 Å². The number of nitrogens with two attached hydrogens (primary N) is 1. The van der Waals surface area contributed by atoms with Crippen LogP contribution in [0.4, 0.5) is 23.6 Å². The minimum Gasteiger partial charge on any atom is -0.406 e. The van der Waals surface area contributed by atoms with E-state index in [9.17, 15) is 31.9 Å². The zero-order chi connectivity index (χ0) is 36.4. The molecule has 2 aromatic heterocycles. The van der Waals surface area contributed by atoms with E-state index in [0.717, 1.165) is 6.07 Å². The SMILES string of the molecule is CCC(C)[C@H](NC(=O)Cc1ccccc1F)C(=O)N[C@]1(C(=O)N[C@H](c2nnc(N)o2)C(C)CC)CCc2[nH]c3c(C(F)(F)F)cccc3c2C1. The van der Waals surface area contributed by atoms with Crippen LogP contribution in [0, 0.1) is 17.7 Å². The number of benzene rings is 2. The first-order chi connectivity index (χ1) is 23.7. The van der Waals surface area contributed by atoms with Crippen molar-refractivity contribution < 1.29 is 36.4 Å². The number of alkyl halides is 3. The molecule has 11 nitrogen and oxygen atoms in total. The lowest BCUT2D eigenvalue weighted by Gasteiger charge is -2.39. The van der Waals surface area contributed by atoms with Crippen molar-refractivity contribution in [2.24, 2.45) is 11.8 Å². The standard InChI is InChI=1S/C35H41F4N7O4/c1-5-18(3)27(42-26(47)16-20-10-7-8-13-24(20)36)30(48)44-34(32(49)43-28(19(4)6-2)31-45-46-33(40)50-31)15-14-25-22(17-34)21-11-9-12-23(29(21)41-25)35(37,38)39/h7-13,18-19,27-28,41H,5-6,14-17H2,1-4H3,(H2,40,46)(H,42,47)(H,43,49)(H,44,48)/t18?,19?,27-,28-,34+/m0/s1. The van der Waals surface area contributed by atoms with Crippen LogP contribution in [0.25, 0.3) is 10.9 Å². The average Bonchev–Trinajstić information content (AvgIpc) is 3.68. The highest BCUT2D eigenvalue weighted by atomic mass is 19.4. The molecule has 0 spiro atoms. The number of hydrogen-bond acceptors (Lipinski definition) is 7. The Morgan fingerprint density at radius 2 is 1.74 bits per heavy atom. The van der Waals surface area contributed by atoms with Crippen LogP contribution < -0.4 is 21.7 Å². The number of nitrogens with zero attached hydrogens (tertiary/aromatic N) is 2. The summed E-state index contributed by atoms with van der Waals surface area (Å²) in [5.41, 5.74) is 4.19. The first-order valence-corrected chi connectivity index (χ1v) is 16.6. The highest BCUT2D eigenvalue weighted by molar-refractivity contribution is 5.97. The molecular weight excluding hydrogens is 658 g/mol. The van der Waals surface area contributed by atoms with Gasteiger partial charge in [0, 0.05) is 17.5 Å². The topological polar surface area (TPSA) is 168 Å². The summed E-state index contributed by atoms with van der Waals surface area (Å²) in [6, 6.07) is 7.52. The van der Waals surface area contributed by atoms with E-state index in [4.69, 9.17) is 10.2 Å². The number of hydrogen-bond donors (Lipinski definition) is 5. The summed E-state index contributed by atoms with van der Waals surface area (Å²) in [4.78, 5) is 44.9. The van der Waals surface area contributed by atoms with E-state index in [1.165, 1.54) is 24.3 Å². The zero-order valence-corrected chi connectivity index (χ0v) is 28.2. The van der Waals surface area contributed by atoms with Gasteiger partial charge in [0.1, 0.15) is 23.4 Å². The van der Waals surface area contributed by atoms with E-state index in [-0.39, 0.29) is 60.0 Å². The van der Waals surface area contributed by atoms with E-state index in [1.54, 1.807) is 19.1 Å². The van der Waals surface area contributed by atoms with Gasteiger partial charge in [-0.1, -0.05) is 76.0 Å². The molecule has 0 radical (unpaired) electrons.